The van der Waals surface area contributed by atoms with Gasteiger partial charge in [0.25, 0.3) is 0 Å². The van der Waals surface area contributed by atoms with Crippen LogP contribution in [0.15, 0.2) is 30.3 Å². The van der Waals surface area contributed by atoms with Crippen LogP contribution < -0.4 is 19.1 Å². The molecule has 2 aromatic rings. The molecule has 1 N–H and O–H groups in total. The molecule has 0 saturated heterocycles. The Balaban J connectivity index is 1.85. The Bertz CT molecular complexity index is 994. The first-order valence-corrected chi connectivity index (χ1v) is 10.7. The van der Waals surface area contributed by atoms with Crippen molar-refractivity contribution in [2.45, 2.75) is 20.8 Å². The predicted octanol–water partition coefficient (Wildman–Crippen LogP) is 2.79. The van der Waals surface area contributed by atoms with Crippen molar-refractivity contribution in [1.29, 1.82) is 0 Å². The first-order valence-electron chi connectivity index (χ1n) is 8.90. The molecular weight excluding hydrogens is 380 g/mol. The molecule has 28 heavy (non-hydrogen) atoms. The number of benzene rings is 2. The summed E-state index contributed by atoms with van der Waals surface area (Å²) in [6, 6.07) is 8.76. The number of ether oxygens (including phenoxy) is 2. The lowest BCUT2D eigenvalue weighted by Crippen LogP contribution is -2.37. The molecule has 0 fully saturated rings. The quantitative estimate of drug-likeness (QED) is 0.828. The largest absolute Gasteiger partial charge is 0.486 e. The molecule has 0 saturated carbocycles. The van der Waals surface area contributed by atoms with Crippen molar-refractivity contribution in [3.8, 4) is 11.5 Å². The van der Waals surface area contributed by atoms with E-state index in [1.165, 1.54) is 0 Å². The third kappa shape index (κ3) is 4.39. The van der Waals surface area contributed by atoms with Crippen LogP contribution in [0.5, 0.6) is 11.5 Å². The van der Waals surface area contributed by atoms with Gasteiger partial charge in [-0.3, -0.25) is 9.10 Å². The number of sulfonamides is 1. The molecule has 150 valence electrons. The van der Waals surface area contributed by atoms with E-state index in [4.69, 9.17) is 9.47 Å². The van der Waals surface area contributed by atoms with Gasteiger partial charge in [0, 0.05) is 11.8 Å². The molecule has 1 amide bonds. The van der Waals surface area contributed by atoms with Gasteiger partial charge in [0.2, 0.25) is 15.9 Å². The molecule has 0 atom stereocenters. The third-order valence-electron chi connectivity index (χ3n) is 4.44. The molecule has 1 aliphatic rings. The van der Waals surface area contributed by atoms with E-state index >= 15 is 0 Å². The van der Waals surface area contributed by atoms with Crippen LogP contribution in [0.2, 0.25) is 0 Å². The topological polar surface area (TPSA) is 84.9 Å². The van der Waals surface area contributed by atoms with Gasteiger partial charge in [0.1, 0.15) is 19.8 Å². The number of aryl methyl sites for hydroxylation is 3. The zero-order valence-electron chi connectivity index (χ0n) is 16.4. The summed E-state index contributed by atoms with van der Waals surface area (Å²) in [6.07, 6.45) is 1.07. The highest BCUT2D eigenvalue weighted by Gasteiger charge is 2.24. The molecule has 0 aromatic heterocycles. The molecule has 0 aliphatic carbocycles. The summed E-state index contributed by atoms with van der Waals surface area (Å²) >= 11 is 0. The third-order valence-corrected chi connectivity index (χ3v) is 5.58. The van der Waals surface area contributed by atoms with E-state index in [0.29, 0.717) is 36.1 Å². The Morgan fingerprint density at radius 3 is 2.25 bits per heavy atom. The fourth-order valence-electron chi connectivity index (χ4n) is 3.27. The highest BCUT2D eigenvalue weighted by molar-refractivity contribution is 7.92. The lowest BCUT2D eigenvalue weighted by Gasteiger charge is -2.25. The van der Waals surface area contributed by atoms with Crippen molar-refractivity contribution in [3.05, 3.63) is 47.0 Å². The van der Waals surface area contributed by atoms with Gasteiger partial charge in [-0.1, -0.05) is 17.7 Å². The van der Waals surface area contributed by atoms with Crippen LogP contribution in [-0.2, 0) is 14.8 Å². The zero-order chi connectivity index (χ0) is 20.5. The van der Waals surface area contributed by atoms with Gasteiger partial charge in [-0.05, 0) is 44.0 Å². The second-order valence-electron chi connectivity index (χ2n) is 6.92. The van der Waals surface area contributed by atoms with Crippen molar-refractivity contribution in [2.75, 3.05) is 35.6 Å². The van der Waals surface area contributed by atoms with E-state index in [0.717, 1.165) is 27.3 Å². The Morgan fingerprint density at radius 1 is 1.04 bits per heavy atom. The first-order chi connectivity index (χ1) is 13.1. The number of amides is 1. The number of hydrogen-bond acceptors (Lipinski definition) is 5. The van der Waals surface area contributed by atoms with Crippen molar-refractivity contribution in [2.24, 2.45) is 0 Å². The Labute approximate surface area is 165 Å². The molecule has 8 heteroatoms. The highest BCUT2D eigenvalue weighted by Crippen LogP contribution is 2.34. The smallest absolute Gasteiger partial charge is 0.245 e. The number of carbonyl (C=O) groups excluding carboxylic acids is 1. The van der Waals surface area contributed by atoms with Gasteiger partial charge >= 0.3 is 0 Å². The highest BCUT2D eigenvalue weighted by atomic mass is 32.2. The van der Waals surface area contributed by atoms with Crippen molar-refractivity contribution < 1.29 is 22.7 Å². The average molecular weight is 404 g/mol. The van der Waals surface area contributed by atoms with E-state index in [2.05, 4.69) is 5.32 Å². The maximum absolute atomic E-state index is 12.6. The number of nitrogens with one attached hydrogen (secondary N) is 1. The van der Waals surface area contributed by atoms with Crippen LogP contribution in [0.3, 0.4) is 0 Å². The Hall–Kier alpha value is -2.74. The van der Waals surface area contributed by atoms with Crippen LogP contribution in [0.25, 0.3) is 0 Å². The van der Waals surface area contributed by atoms with Gasteiger partial charge in [0.15, 0.2) is 11.5 Å². The molecule has 0 spiro atoms. The number of anilines is 2. The summed E-state index contributed by atoms with van der Waals surface area (Å²) in [5, 5.41) is 2.84. The number of hydrogen-bond donors (Lipinski definition) is 1. The van der Waals surface area contributed by atoms with Crippen LogP contribution in [0.4, 0.5) is 11.4 Å². The van der Waals surface area contributed by atoms with Crippen LogP contribution in [-0.4, -0.2) is 40.3 Å². The Kier molecular flexibility index (Phi) is 5.51. The molecule has 2 aromatic carbocycles. The van der Waals surface area contributed by atoms with Gasteiger partial charge in [0.05, 0.1) is 11.9 Å². The minimum absolute atomic E-state index is 0.342. The molecule has 0 bridgehead atoms. The minimum Gasteiger partial charge on any atom is -0.486 e. The molecule has 1 heterocycles. The maximum atomic E-state index is 12.6. The van der Waals surface area contributed by atoms with E-state index < -0.39 is 15.9 Å². The standard InChI is InChI=1S/C20H24N2O5S/c1-13-9-14(2)20(15(3)10-13)21-19(23)12-22(28(4,24)25)16-5-6-17-18(11-16)27-8-7-26-17/h5-6,9-11H,7-8,12H2,1-4H3,(H,21,23). The van der Waals surface area contributed by atoms with Crippen LogP contribution in [0, 0.1) is 20.8 Å². The van der Waals surface area contributed by atoms with Crippen molar-refractivity contribution >= 4 is 27.3 Å². The van der Waals surface area contributed by atoms with E-state index in [-0.39, 0.29) is 6.54 Å². The number of carbonyl (C=O) groups is 1. The second kappa shape index (κ2) is 7.71. The summed E-state index contributed by atoms with van der Waals surface area (Å²) in [7, 11) is -3.68. The lowest BCUT2D eigenvalue weighted by molar-refractivity contribution is -0.114. The molecule has 1 aliphatic heterocycles. The normalized spacial score (nSPS) is 13.1. The minimum atomic E-state index is -3.68. The van der Waals surface area contributed by atoms with Gasteiger partial charge in [-0.2, -0.15) is 0 Å². The van der Waals surface area contributed by atoms with E-state index in [1.54, 1.807) is 18.2 Å². The second-order valence-corrected chi connectivity index (χ2v) is 8.83. The van der Waals surface area contributed by atoms with E-state index in [9.17, 15) is 13.2 Å². The Morgan fingerprint density at radius 2 is 1.64 bits per heavy atom. The zero-order valence-corrected chi connectivity index (χ0v) is 17.2. The maximum Gasteiger partial charge on any atom is 0.245 e. The predicted molar refractivity (Wildman–Crippen MR) is 109 cm³/mol. The fraction of sp³-hybridized carbons (Fsp3) is 0.350. The molecular formula is C20H24N2O5S. The van der Waals surface area contributed by atoms with Gasteiger partial charge < -0.3 is 14.8 Å². The molecule has 7 nitrogen and oxygen atoms in total. The summed E-state index contributed by atoms with van der Waals surface area (Å²) in [5.41, 5.74) is 4.00. The van der Waals surface area contributed by atoms with Gasteiger partial charge in [-0.15, -0.1) is 0 Å². The molecule has 0 radical (unpaired) electrons. The lowest BCUT2D eigenvalue weighted by atomic mass is 10.1. The number of nitrogens with zero attached hydrogens (tertiary/aromatic N) is 1. The number of fused-ring (bicyclic) bond motifs is 1. The summed E-state index contributed by atoms with van der Waals surface area (Å²) in [4.78, 5) is 12.6. The average Bonchev–Trinajstić information content (AvgIpc) is 2.61. The molecule has 3 rings (SSSR count). The molecule has 0 unspecified atom stereocenters. The summed E-state index contributed by atoms with van der Waals surface area (Å²) in [5.74, 6) is 0.595. The SMILES string of the molecule is Cc1cc(C)c(NC(=O)CN(c2ccc3c(c2)OCCO3)S(C)(=O)=O)c(C)c1. The number of rotatable bonds is 5. The summed E-state index contributed by atoms with van der Waals surface area (Å²) < 4.78 is 36.7. The van der Waals surface area contributed by atoms with Crippen LogP contribution in [0.1, 0.15) is 16.7 Å². The summed E-state index contributed by atoms with van der Waals surface area (Å²) in [6.45, 7) is 6.29. The van der Waals surface area contributed by atoms with Crippen molar-refractivity contribution in [1.82, 2.24) is 0 Å². The fourth-order valence-corrected chi connectivity index (χ4v) is 4.12. The van der Waals surface area contributed by atoms with Crippen molar-refractivity contribution in [3.63, 3.8) is 0 Å². The van der Waals surface area contributed by atoms with Gasteiger partial charge in [-0.25, -0.2) is 8.42 Å². The van der Waals surface area contributed by atoms with Crippen LogP contribution >= 0.6 is 0 Å². The van der Waals surface area contributed by atoms with E-state index in [1.807, 2.05) is 32.9 Å². The first kappa shape index (κ1) is 20.0. The monoisotopic (exact) mass is 404 g/mol.